The Morgan fingerprint density at radius 1 is 1.50 bits per heavy atom. The van der Waals surface area contributed by atoms with Crippen molar-refractivity contribution in [1.29, 1.82) is 5.26 Å². The molecule has 1 nitrogen and oxygen atoms in total. The fourth-order valence-electron chi connectivity index (χ4n) is 1.38. The number of fused-ring (bicyclic) bond motifs is 1. The summed E-state index contributed by atoms with van der Waals surface area (Å²) in [5.74, 6) is 0.376. The first-order chi connectivity index (χ1) is 6.77. The van der Waals surface area contributed by atoms with Crippen molar-refractivity contribution in [2.24, 2.45) is 0 Å². The van der Waals surface area contributed by atoms with Gasteiger partial charge < -0.3 is 0 Å². The first kappa shape index (κ1) is 9.97. The van der Waals surface area contributed by atoms with E-state index in [1.165, 1.54) is 0 Å². The Bertz CT molecular complexity index is 527. The van der Waals surface area contributed by atoms with Crippen molar-refractivity contribution in [2.45, 2.75) is 5.88 Å². The van der Waals surface area contributed by atoms with Crippen molar-refractivity contribution in [3.63, 3.8) is 0 Å². The number of hydrogen-bond acceptors (Lipinski definition) is 2. The molecule has 70 valence electrons. The van der Waals surface area contributed by atoms with Gasteiger partial charge in [-0.1, -0.05) is 6.07 Å². The summed E-state index contributed by atoms with van der Waals surface area (Å²) in [4.78, 5) is 0. The maximum Gasteiger partial charge on any atom is 0.100 e. The topological polar surface area (TPSA) is 23.8 Å². The van der Waals surface area contributed by atoms with Crippen LogP contribution >= 0.6 is 38.9 Å². The molecule has 0 unspecified atom stereocenters. The maximum atomic E-state index is 9.07. The number of rotatable bonds is 1. The summed E-state index contributed by atoms with van der Waals surface area (Å²) >= 11 is 10.8. The Morgan fingerprint density at radius 3 is 2.93 bits per heavy atom. The Labute approximate surface area is 99.0 Å². The standard InChI is InChI=1S/C10H5BrClNS/c11-8-5-14-9-2-1-6(3-12)7(4-13)10(8)9/h1-2,5H,3H2. The molecule has 0 aliphatic heterocycles. The van der Waals surface area contributed by atoms with Crippen LogP contribution in [-0.2, 0) is 5.88 Å². The van der Waals surface area contributed by atoms with Gasteiger partial charge in [0, 0.05) is 25.8 Å². The van der Waals surface area contributed by atoms with E-state index in [0.717, 1.165) is 20.1 Å². The molecule has 4 heteroatoms. The van der Waals surface area contributed by atoms with E-state index in [9.17, 15) is 0 Å². The molecular formula is C10H5BrClNS. The van der Waals surface area contributed by atoms with Crippen LogP contribution in [0, 0.1) is 11.3 Å². The van der Waals surface area contributed by atoms with Crippen LogP contribution in [-0.4, -0.2) is 0 Å². The molecule has 1 aromatic carbocycles. The molecule has 0 saturated carbocycles. The zero-order chi connectivity index (χ0) is 10.1. The maximum absolute atomic E-state index is 9.07. The number of benzene rings is 1. The molecule has 1 heterocycles. The van der Waals surface area contributed by atoms with Gasteiger partial charge in [-0.3, -0.25) is 0 Å². The second-order valence-corrected chi connectivity index (χ2v) is 4.83. The summed E-state index contributed by atoms with van der Waals surface area (Å²) in [6.07, 6.45) is 0. The summed E-state index contributed by atoms with van der Waals surface area (Å²) in [6.45, 7) is 0. The summed E-state index contributed by atoms with van der Waals surface area (Å²) in [6, 6.07) is 6.13. The van der Waals surface area contributed by atoms with Crippen molar-refractivity contribution in [3.8, 4) is 6.07 Å². The minimum Gasteiger partial charge on any atom is -0.192 e. The first-order valence-electron chi connectivity index (χ1n) is 3.92. The van der Waals surface area contributed by atoms with Crippen molar-refractivity contribution in [2.75, 3.05) is 0 Å². The molecule has 0 aliphatic carbocycles. The molecule has 0 amide bonds. The second kappa shape index (κ2) is 3.90. The lowest BCUT2D eigenvalue weighted by Crippen LogP contribution is -1.86. The second-order valence-electron chi connectivity index (χ2n) is 2.80. The number of alkyl halides is 1. The predicted octanol–water partition coefficient (Wildman–Crippen LogP) is 4.27. The lowest BCUT2D eigenvalue weighted by Gasteiger charge is -2.00. The largest absolute Gasteiger partial charge is 0.192 e. The molecule has 2 rings (SSSR count). The molecule has 14 heavy (non-hydrogen) atoms. The quantitative estimate of drug-likeness (QED) is 0.718. The van der Waals surface area contributed by atoms with Crippen LogP contribution in [0.4, 0.5) is 0 Å². The smallest absolute Gasteiger partial charge is 0.100 e. The van der Waals surface area contributed by atoms with Crippen LogP contribution in [0.15, 0.2) is 22.0 Å². The van der Waals surface area contributed by atoms with Crippen LogP contribution in [0.1, 0.15) is 11.1 Å². The number of halogens is 2. The van der Waals surface area contributed by atoms with Gasteiger partial charge in [-0.2, -0.15) is 5.26 Å². The van der Waals surface area contributed by atoms with Gasteiger partial charge in [0.05, 0.1) is 5.56 Å². The molecule has 0 aliphatic rings. The Balaban J connectivity index is 2.90. The van der Waals surface area contributed by atoms with Crippen molar-refractivity contribution < 1.29 is 0 Å². The van der Waals surface area contributed by atoms with Crippen LogP contribution < -0.4 is 0 Å². The summed E-state index contributed by atoms with van der Waals surface area (Å²) in [7, 11) is 0. The molecule has 2 aromatic rings. The molecule has 0 spiro atoms. The van der Waals surface area contributed by atoms with Crippen LogP contribution in [0.25, 0.3) is 10.1 Å². The molecule has 0 bridgehead atoms. The highest BCUT2D eigenvalue weighted by atomic mass is 79.9. The van der Waals surface area contributed by atoms with Gasteiger partial charge in [0.1, 0.15) is 6.07 Å². The average Bonchev–Trinajstić information content (AvgIpc) is 2.59. The van der Waals surface area contributed by atoms with Gasteiger partial charge in [0.25, 0.3) is 0 Å². The van der Waals surface area contributed by atoms with Gasteiger partial charge in [-0.25, -0.2) is 0 Å². The monoisotopic (exact) mass is 285 g/mol. The number of thiophene rings is 1. The molecule has 0 radical (unpaired) electrons. The van der Waals surface area contributed by atoms with E-state index in [0.29, 0.717) is 11.4 Å². The SMILES string of the molecule is N#Cc1c(CCl)ccc2scc(Br)c12. The van der Waals surface area contributed by atoms with Crippen LogP contribution in [0.3, 0.4) is 0 Å². The van der Waals surface area contributed by atoms with Gasteiger partial charge >= 0.3 is 0 Å². The number of hydrogen-bond donors (Lipinski definition) is 0. The van der Waals surface area contributed by atoms with Crippen molar-refractivity contribution in [3.05, 3.63) is 33.1 Å². The molecule has 0 saturated heterocycles. The minimum absolute atomic E-state index is 0.376. The minimum atomic E-state index is 0.376. The third kappa shape index (κ3) is 1.44. The van der Waals surface area contributed by atoms with Gasteiger partial charge in [0.15, 0.2) is 0 Å². The van der Waals surface area contributed by atoms with E-state index >= 15 is 0 Å². The normalized spacial score (nSPS) is 10.4. The predicted molar refractivity (Wildman–Crippen MR) is 63.8 cm³/mol. The lowest BCUT2D eigenvalue weighted by molar-refractivity contribution is 1.38. The van der Waals surface area contributed by atoms with E-state index in [2.05, 4.69) is 22.0 Å². The van der Waals surface area contributed by atoms with E-state index in [4.69, 9.17) is 16.9 Å². The fraction of sp³-hybridized carbons (Fsp3) is 0.100. The fourth-order valence-corrected chi connectivity index (χ4v) is 3.25. The highest BCUT2D eigenvalue weighted by molar-refractivity contribution is 9.10. The first-order valence-corrected chi connectivity index (χ1v) is 6.13. The zero-order valence-corrected chi connectivity index (χ0v) is 10.2. The van der Waals surface area contributed by atoms with Crippen LogP contribution in [0.2, 0.25) is 0 Å². The van der Waals surface area contributed by atoms with E-state index in [1.807, 2.05) is 17.5 Å². The molecule has 0 N–H and O–H groups in total. The van der Waals surface area contributed by atoms with Gasteiger partial charge in [-0.15, -0.1) is 22.9 Å². The van der Waals surface area contributed by atoms with E-state index in [-0.39, 0.29) is 0 Å². The van der Waals surface area contributed by atoms with Crippen molar-refractivity contribution >= 4 is 49.0 Å². The van der Waals surface area contributed by atoms with Gasteiger partial charge in [0.2, 0.25) is 0 Å². The highest BCUT2D eigenvalue weighted by Gasteiger charge is 2.10. The Kier molecular flexibility index (Phi) is 2.78. The summed E-state index contributed by atoms with van der Waals surface area (Å²) in [5.41, 5.74) is 1.58. The summed E-state index contributed by atoms with van der Waals surface area (Å²) < 4.78 is 2.09. The Morgan fingerprint density at radius 2 is 2.29 bits per heavy atom. The molecule has 0 atom stereocenters. The third-order valence-corrected chi connectivity index (χ3v) is 4.20. The summed E-state index contributed by atoms with van der Waals surface area (Å²) in [5, 5.41) is 12.0. The van der Waals surface area contributed by atoms with E-state index in [1.54, 1.807) is 11.3 Å². The molecular weight excluding hydrogens is 282 g/mol. The molecule has 1 aromatic heterocycles. The Hall–Kier alpha value is -0.560. The average molecular weight is 287 g/mol. The zero-order valence-electron chi connectivity index (χ0n) is 7.05. The molecule has 0 fully saturated rings. The van der Waals surface area contributed by atoms with Crippen molar-refractivity contribution in [1.82, 2.24) is 0 Å². The third-order valence-electron chi connectivity index (χ3n) is 2.04. The highest BCUT2D eigenvalue weighted by Crippen LogP contribution is 2.34. The lowest BCUT2D eigenvalue weighted by atomic mass is 10.1. The number of nitriles is 1. The van der Waals surface area contributed by atoms with Crippen LogP contribution in [0.5, 0.6) is 0 Å². The van der Waals surface area contributed by atoms with Gasteiger partial charge in [-0.05, 0) is 27.6 Å². The van der Waals surface area contributed by atoms with E-state index < -0.39 is 0 Å². The number of nitrogens with zero attached hydrogens (tertiary/aromatic N) is 1.